The quantitative estimate of drug-likeness (QED) is 0.848. The van der Waals surface area contributed by atoms with E-state index in [9.17, 15) is 13.2 Å². The minimum absolute atomic E-state index is 0.0349. The van der Waals surface area contributed by atoms with E-state index in [-0.39, 0.29) is 17.4 Å². The molecule has 0 aliphatic heterocycles. The lowest BCUT2D eigenvalue weighted by molar-refractivity contribution is -0.141. The minimum atomic E-state index is -4.50. The summed E-state index contributed by atoms with van der Waals surface area (Å²) in [4.78, 5) is 3.40. The van der Waals surface area contributed by atoms with Crippen LogP contribution in [0.5, 0.6) is 0 Å². The highest BCUT2D eigenvalue weighted by Crippen LogP contribution is 2.29. The van der Waals surface area contributed by atoms with Crippen molar-refractivity contribution < 1.29 is 13.2 Å². The van der Waals surface area contributed by atoms with Crippen LogP contribution in [0, 0.1) is 11.3 Å². The molecule has 1 rings (SSSR count). The van der Waals surface area contributed by atoms with Crippen LogP contribution in [0.25, 0.3) is 0 Å². The number of hydrogen-bond donors (Lipinski definition) is 1. The van der Waals surface area contributed by atoms with Crippen LogP contribution in [0.3, 0.4) is 0 Å². The van der Waals surface area contributed by atoms with Crippen LogP contribution in [-0.2, 0) is 6.18 Å². The maximum Gasteiger partial charge on any atom is 0.433 e. The molecule has 6 heteroatoms. The number of rotatable bonds is 2. The second kappa shape index (κ2) is 4.39. The summed E-state index contributed by atoms with van der Waals surface area (Å²) in [7, 11) is 0. The number of nitrogens with zero attached hydrogens (tertiary/aromatic N) is 2. The Morgan fingerprint density at radius 2 is 2.00 bits per heavy atom. The van der Waals surface area contributed by atoms with Gasteiger partial charge in [0.1, 0.15) is 17.6 Å². The van der Waals surface area contributed by atoms with E-state index in [0.29, 0.717) is 0 Å². The number of aromatic nitrogens is 1. The van der Waals surface area contributed by atoms with Crippen molar-refractivity contribution in [3.63, 3.8) is 0 Å². The number of nitriles is 1. The predicted molar refractivity (Wildman–Crippen MR) is 52.7 cm³/mol. The molecule has 0 spiro atoms. The molecule has 0 radical (unpaired) electrons. The number of anilines is 1. The van der Waals surface area contributed by atoms with Crippen molar-refractivity contribution in [3.05, 3.63) is 23.4 Å². The first-order valence-corrected chi connectivity index (χ1v) is 4.59. The molecule has 86 valence electrons. The van der Waals surface area contributed by atoms with E-state index < -0.39 is 11.9 Å². The van der Waals surface area contributed by atoms with Crippen LogP contribution >= 0.6 is 0 Å². The molecule has 1 aromatic rings. The first-order valence-electron chi connectivity index (χ1n) is 4.59. The van der Waals surface area contributed by atoms with Gasteiger partial charge in [0.25, 0.3) is 0 Å². The zero-order valence-corrected chi connectivity index (χ0v) is 8.76. The molecule has 0 amide bonds. The molecule has 0 aliphatic carbocycles. The topological polar surface area (TPSA) is 48.7 Å². The smallest absolute Gasteiger partial charge is 0.367 e. The summed E-state index contributed by atoms with van der Waals surface area (Å²) < 4.78 is 37.1. The summed E-state index contributed by atoms with van der Waals surface area (Å²) in [5.74, 6) is -0.0349. The highest BCUT2D eigenvalue weighted by molar-refractivity contribution is 5.52. The molecule has 1 aromatic heterocycles. The zero-order chi connectivity index (χ0) is 12.3. The van der Waals surface area contributed by atoms with Crippen molar-refractivity contribution in [3.8, 4) is 6.07 Å². The van der Waals surface area contributed by atoms with Gasteiger partial charge < -0.3 is 5.32 Å². The van der Waals surface area contributed by atoms with E-state index in [1.165, 1.54) is 0 Å². The van der Waals surface area contributed by atoms with Crippen LogP contribution in [0.2, 0.25) is 0 Å². The molecule has 0 fully saturated rings. The number of nitrogens with one attached hydrogen (secondary N) is 1. The van der Waals surface area contributed by atoms with Crippen molar-refractivity contribution in [2.45, 2.75) is 26.1 Å². The molecule has 0 aliphatic rings. The molecule has 0 saturated carbocycles. The van der Waals surface area contributed by atoms with E-state index in [1.807, 2.05) is 0 Å². The summed E-state index contributed by atoms with van der Waals surface area (Å²) in [5.41, 5.74) is -0.906. The van der Waals surface area contributed by atoms with Gasteiger partial charge in [-0.15, -0.1) is 0 Å². The summed E-state index contributed by atoms with van der Waals surface area (Å²) in [5, 5.41) is 11.4. The maximum absolute atomic E-state index is 12.4. The zero-order valence-electron chi connectivity index (χ0n) is 8.76. The monoisotopic (exact) mass is 229 g/mol. The van der Waals surface area contributed by atoms with Gasteiger partial charge in [-0.25, -0.2) is 4.98 Å². The molecule has 3 nitrogen and oxygen atoms in total. The van der Waals surface area contributed by atoms with E-state index in [4.69, 9.17) is 5.26 Å². The Bertz CT molecular complexity index is 418. The van der Waals surface area contributed by atoms with Crippen LogP contribution in [0.4, 0.5) is 19.0 Å². The van der Waals surface area contributed by atoms with Crippen LogP contribution in [0.1, 0.15) is 25.1 Å². The molecule has 0 aromatic carbocycles. The number of hydrogen-bond acceptors (Lipinski definition) is 3. The molecule has 1 N–H and O–H groups in total. The Morgan fingerprint density at radius 1 is 1.38 bits per heavy atom. The lowest BCUT2D eigenvalue weighted by atomic mass is 10.2. The SMILES string of the molecule is CC(C)Nc1nc(C(F)(F)F)ccc1C#N. The number of pyridine rings is 1. The van der Waals surface area contributed by atoms with Gasteiger partial charge in [-0.2, -0.15) is 18.4 Å². The fourth-order valence-electron chi connectivity index (χ4n) is 1.09. The average Bonchev–Trinajstić information content (AvgIpc) is 2.15. The third-order valence-electron chi connectivity index (χ3n) is 1.73. The fourth-order valence-corrected chi connectivity index (χ4v) is 1.09. The van der Waals surface area contributed by atoms with Gasteiger partial charge >= 0.3 is 6.18 Å². The van der Waals surface area contributed by atoms with E-state index in [1.54, 1.807) is 19.9 Å². The molecule has 0 unspecified atom stereocenters. The number of alkyl halides is 3. The summed E-state index contributed by atoms with van der Waals surface area (Å²) in [6.45, 7) is 3.51. The third kappa shape index (κ3) is 2.86. The lowest BCUT2D eigenvalue weighted by Gasteiger charge is -2.13. The van der Waals surface area contributed by atoms with Gasteiger partial charge in [0.2, 0.25) is 0 Å². The lowest BCUT2D eigenvalue weighted by Crippen LogP contribution is -2.15. The standard InChI is InChI=1S/C10H10F3N3/c1-6(2)15-9-7(5-14)3-4-8(16-9)10(11,12)13/h3-4,6H,1-2H3,(H,15,16). The van der Waals surface area contributed by atoms with Crippen LogP contribution < -0.4 is 5.32 Å². The predicted octanol–water partition coefficient (Wildman–Crippen LogP) is 2.79. The Morgan fingerprint density at radius 3 is 2.44 bits per heavy atom. The number of halogens is 3. The summed E-state index contributed by atoms with van der Waals surface area (Å²) in [6, 6.07) is 3.60. The normalized spacial score (nSPS) is 11.3. The second-order valence-electron chi connectivity index (χ2n) is 3.50. The van der Waals surface area contributed by atoms with Gasteiger partial charge in [0, 0.05) is 6.04 Å². The van der Waals surface area contributed by atoms with Crippen molar-refractivity contribution in [2.24, 2.45) is 0 Å². The Balaban J connectivity index is 3.18. The van der Waals surface area contributed by atoms with Crippen LogP contribution in [-0.4, -0.2) is 11.0 Å². The maximum atomic E-state index is 12.4. The summed E-state index contributed by atoms with van der Waals surface area (Å²) in [6.07, 6.45) is -4.50. The Hall–Kier alpha value is -1.77. The molecular formula is C10H10F3N3. The van der Waals surface area contributed by atoms with Crippen LogP contribution in [0.15, 0.2) is 12.1 Å². The fraction of sp³-hybridized carbons (Fsp3) is 0.400. The average molecular weight is 229 g/mol. The summed E-state index contributed by atoms with van der Waals surface area (Å²) >= 11 is 0. The largest absolute Gasteiger partial charge is 0.433 e. The molecule has 16 heavy (non-hydrogen) atoms. The first-order chi connectivity index (χ1) is 7.34. The molecule has 0 atom stereocenters. The van der Waals surface area contributed by atoms with Gasteiger partial charge in [-0.1, -0.05) is 0 Å². The van der Waals surface area contributed by atoms with E-state index >= 15 is 0 Å². The second-order valence-corrected chi connectivity index (χ2v) is 3.50. The first kappa shape index (κ1) is 12.3. The van der Waals surface area contributed by atoms with Gasteiger partial charge in [-0.3, -0.25) is 0 Å². The highest BCUT2D eigenvalue weighted by Gasteiger charge is 2.33. The van der Waals surface area contributed by atoms with Crippen molar-refractivity contribution in [1.29, 1.82) is 5.26 Å². The van der Waals surface area contributed by atoms with Gasteiger partial charge in [0.15, 0.2) is 0 Å². The Kier molecular flexibility index (Phi) is 3.38. The minimum Gasteiger partial charge on any atom is -0.367 e. The van der Waals surface area contributed by atoms with Crippen molar-refractivity contribution >= 4 is 5.82 Å². The van der Waals surface area contributed by atoms with Crippen molar-refractivity contribution in [2.75, 3.05) is 5.32 Å². The molecular weight excluding hydrogens is 219 g/mol. The highest BCUT2D eigenvalue weighted by atomic mass is 19.4. The van der Waals surface area contributed by atoms with E-state index in [2.05, 4.69) is 10.3 Å². The van der Waals surface area contributed by atoms with Gasteiger partial charge in [-0.05, 0) is 26.0 Å². The van der Waals surface area contributed by atoms with Crippen molar-refractivity contribution in [1.82, 2.24) is 4.98 Å². The third-order valence-corrected chi connectivity index (χ3v) is 1.73. The van der Waals surface area contributed by atoms with Gasteiger partial charge in [0.05, 0.1) is 5.56 Å². The van der Waals surface area contributed by atoms with E-state index in [0.717, 1.165) is 12.1 Å². The molecule has 1 heterocycles. The Labute approximate surface area is 90.9 Å². The molecule has 0 saturated heterocycles. The molecule has 0 bridgehead atoms.